The molecule has 92 valence electrons. The maximum Gasteiger partial charge on any atom is 0.258 e. The van der Waals surface area contributed by atoms with Crippen LogP contribution in [0.3, 0.4) is 0 Å². The van der Waals surface area contributed by atoms with Gasteiger partial charge in [0.05, 0.1) is 23.2 Å². The average Bonchev–Trinajstić information content (AvgIpc) is 2.35. The van der Waals surface area contributed by atoms with Gasteiger partial charge in [-0.2, -0.15) is 0 Å². The number of hydrogen-bond acceptors (Lipinski definition) is 2. The Morgan fingerprint density at radius 2 is 1.82 bits per heavy atom. The van der Waals surface area contributed by atoms with E-state index in [1.54, 1.807) is 0 Å². The van der Waals surface area contributed by atoms with Crippen LogP contribution >= 0.6 is 15.9 Å². The summed E-state index contributed by atoms with van der Waals surface area (Å²) in [5.41, 5.74) is -0.257. The first-order valence-electron chi connectivity index (χ1n) is 5.12. The molecule has 1 aromatic rings. The van der Waals surface area contributed by atoms with Crippen molar-refractivity contribution in [3.8, 4) is 0 Å². The Balaban J connectivity index is 2.32. The molecule has 0 atom stereocenters. The number of carbonyl (C=O) groups excluding carboxylic acids is 1. The Labute approximate surface area is 105 Å². The third-order valence-electron chi connectivity index (χ3n) is 2.56. The molecule has 2 rings (SSSR count). The minimum absolute atomic E-state index is 0.131. The highest BCUT2D eigenvalue weighted by Crippen LogP contribution is 2.25. The minimum Gasteiger partial charge on any atom is -0.378 e. The zero-order chi connectivity index (χ0) is 12.4. The molecule has 17 heavy (non-hydrogen) atoms. The predicted octanol–water partition coefficient (Wildman–Crippen LogP) is 2.20. The van der Waals surface area contributed by atoms with Gasteiger partial charge in [-0.05, 0) is 28.1 Å². The van der Waals surface area contributed by atoms with Gasteiger partial charge >= 0.3 is 0 Å². The molecular formula is C11H10BrF2NO2. The molecule has 1 aromatic carbocycles. The lowest BCUT2D eigenvalue weighted by molar-refractivity contribution is 0.0299. The molecule has 1 fully saturated rings. The SMILES string of the molecule is O=C(c1c(F)ccc(F)c1Br)N1CCOCC1. The zero-order valence-corrected chi connectivity index (χ0v) is 10.5. The maximum absolute atomic E-state index is 13.6. The summed E-state index contributed by atoms with van der Waals surface area (Å²) in [6, 6.07) is 1.93. The number of rotatable bonds is 1. The summed E-state index contributed by atoms with van der Waals surface area (Å²) >= 11 is 2.90. The van der Waals surface area contributed by atoms with Crippen LogP contribution in [0, 0.1) is 11.6 Å². The van der Waals surface area contributed by atoms with Gasteiger partial charge in [0.25, 0.3) is 5.91 Å². The molecular weight excluding hydrogens is 296 g/mol. The van der Waals surface area contributed by atoms with Crippen LogP contribution in [0.15, 0.2) is 16.6 Å². The van der Waals surface area contributed by atoms with Crippen molar-refractivity contribution in [2.75, 3.05) is 26.3 Å². The quantitative estimate of drug-likeness (QED) is 0.745. The van der Waals surface area contributed by atoms with Crippen LogP contribution < -0.4 is 0 Å². The van der Waals surface area contributed by atoms with E-state index in [2.05, 4.69) is 15.9 Å². The fraction of sp³-hybridized carbons (Fsp3) is 0.364. The lowest BCUT2D eigenvalue weighted by atomic mass is 10.1. The second-order valence-electron chi connectivity index (χ2n) is 3.62. The number of benzene rings is 1. The van der Waals surface area contributed by atoms with Crippen molar-refractivity contribution in [3.05, 3.63) is 33.8 Å². The van der Waals surface area contributed by atoms with E-state index in [-0.39, 0.29) is 10.0 Å². The molecule has 1 heterocycles. The Morgan fingerprint density at radius 3 is 2.47 bits per heavy atom. The molecule has 0 aromatic heterocycles. The molecule has 3 nitrogen and oxygen atoms in total. The third kappa shape index (κ3) is 2.47. The topological polar surface area (TPSA) is 29.5 Å². The maximum atomic E-state index is 13.6. The van der Waals surface area contributed by atoms with Gasteiger partial charge in [-0.3, -0.25) is 4.79 Å². The first-order valence-corrected chi connectivity index (χ1v) is 5.91. The van der Waals surface area contributed by atoms with Gasteiger partial charge in [-0.25, -0.2) is 8.78 Å². The lowest BCUT2D eigenvalue weighted by Crippen LogP contribution is -2.41. The number of morpholine rings is 1. The number of nitrogens with zero attached hydrogens (tertiary/aromatic N) is 1. The van der Waals surface area contributed by atoms with Crippen LogP contribution in [-0.2, 0) is 4.74 Å². The largest absolute Gasteiger partial charge is 0.378 e. The van der Waals surface area contributed by atoms with E-state index >= 15 is 0 Å². The Morgan fingerprint density at radius 1 is 1.24 bits per heavy atom. The van der Waals surface area contributed by atoms with E-state index in [0.29, 0.717) is 26.3 Å². The van der Waals surface area contributed by atoms with E-state index in [1.165, 1.54) is 4.90 Å². The number of carbonyl (C=O) groups is 1. The number of amides is 1. The van der Waals surface area contributed by atoms with Crippen LogP contribution in [0.25, 0.3) is 0 Å². The van der Waals surface area contributed by atoms with Crippen molar-refractivity contribution in [2.45, 2.75) is 0 Å². The van der Waals surface area contributed by atoms with Crippen molar-refractivity contribution in [1.82, 2.24) is 4.90 Å². The summed E-state index contributed by atoms with van der Waals surface area (Å²) in [5.74, 6) is -1.89. The first-order chi connectivity index (χ1) is 8.11. The van der Waals surface area contributed by atoms with Gasteiger partial charge < -0.3 is 9.64 Å². The smallest absolute Gasteiger partial charge is 0.258 e. The molecule has 1 aliphatic rings. The van der Waals surface area contributed by atoms with Crippen LogP contribution in [0.2, 0.25) is 0 Å². The van der Waals surface area contributed by atoms with E-state index in [0.717, 1.165) is 12.1 Å². The van der Waals surface area contributed by atoms with Gasteiger partial charge in [0.2, 0.25) is 0 Å². The highest BCUT2D eigenvalue weighted by Gasteiger charge is 2.25. The summed E-state index contributed by atoms with van der Waals surface area (Å²) < 4.78 is 31.8. The minimum atomic E-state index is -0.727. The van der Waals surface area contributed by atoms with Gasteiger partial charge in [0, 0.05) is 13.1 Å². The summed E-state index contributed by atoms with van der Waals surface area (Å²) in [6.07, 6.45) is 0. The number of hydrogen-bond donors (Lipinski definition) is 0. The van der Waals surface area contributed by atoms with E-state index in [4.69, 9.17) is 4.74 Å². The molecule has 0 bridgehead atoms. The van der Waals surface area contributed by atoms with E-state index < -0.39 is 17.5 Å². The molecule has 0 N–H and O–H groups in total. The Hall–Kier alpha value is -1.01. The molecule has 0 radical (unpaired) electrons. The average molecular weight is 306 g/mol. The molecule has 0 saturated carbocycles. The Kier molecular flexibility index (Phi) is 3.73. The molecule has 6 heteroatoms. The van der Waals surface area contributed by atoms with E-state index in [1.807, 2.05) is 0 Å². The summed E-state index contributed by atoms with van der Waals surface area (Å²) in [6.45, 7) is 1.61. The van der Waals surface area contributed by atoms with Gasteiger partial charge in [0.15, 0.2) is 0 Å². The highest BCUT2D eigenvalue weighted by atomic mass is 79.9. The molecule has 0 aliphatic carbocycles. The standard InChI is InChI=1S/C11H10BrF2NO2/c12-10-8(14)2-1-7(13)9(10)11(16)15-3-5-17-6-4-15/h1-2H,3-6H2. The number of halogens is 3. The molecule has 0 unspecified atom stereocenters. The van der Waals surface area contributed by atoms with Crippen LogP contribution in [0.1, 0.15) is 10.4 Å². The molecule has 1 aliphatic heterocycles. The van der Waals surface area contributed by atoms with Crippen LogP contribution in [-0.4, -0.2) is 37.1 Å². The monoisotopic (exact) mass is 305 g/mol. The predicted molar refractivity (Wildman–Crippen MR) is 60.8 cm³/mol. The van der Waals surface area contributed by atoms with Crippen molar-refractivity contribution in [2.24, 2.45) is 0 Å². The number of ether oxygens (including phenoxy) is 1. The van der Waals surface area contributed by atoms with Crippen LogP contribution in [0.4, 0.5) is 8.78 Å². The second-order valence-corrected chi connectivity index (χ2v) is 4.42. The normalized spacial score (nSPS) is 16.1. The van der Waals surface area contributed by atoms with Gasteiger partial charge in [-0.15, -0.1) is 0 Å². The van der Waals surface area contributed by atoms with Crippen molar-refractivity contribution < 1.29 is 18.3 Å². The summed E-state index contributed by atoms with van der Waals surface area (Å²) in [4.78, 5) is 13.5. The van der Waals surface area contributed by atoms with Gasteiger partial charge in [-0.1, -0.05) is 0 Å². The fourth-order valence-electron chi connectivity index (χ4n) is 1.65. The first kappa shape index (κ1) is 12.4. The van der Waals surface area contributed by atoms with Gasteiger partial charge in [0.1, 0.15) is 11.6 Å². The van der Waals surface area contributed by atoms with Crippen molar-refractivity contribution >= 4 is 21.8 Å². The molecule has 0 spiro atoms. The summed E-state index contributed by atoms with van der Waals surface area (Å²) in [7, 11) is 0. The van der Waals surface area contributed by atoms with Crippen molar-refractivity contribution in [3.63, 3.8) is 0 Å². The van der Waals surface area contributed by atoms with Crippen LogP contribution in [0.5, 0.6) is 0 Å². The Bertz CT molecular complexity index is 447. The summed E-state index contributed by atoms with van der Waals surface area (Å²) in [5, 5.41) is 0. The van der Waals surface area contributed by atoms with E-state index in [9.17, 15) is 13.6 Å². The molecule has 1 saturated heterocycles. The molecule has 1 amide bonds. The highest BCUT2D eigenvalue weighted by molar-refractivity contribution is 9.10. The third-order valence-corrected chi connectivity index (χ3v) is 3.33. The fourth-order valence-corrected chi connectivity index (χ4v) is 2.14. The lowest BCUT2D eigenvalue weighted by Gasteiger charge is -2.27. The van der Waals surface area contributed by atoms with Crippen molar-refractivity contribution in [1.29, 1.82) is 0 Å². The second kappa shape index (κ2) is 5.10. The zero-order valence-electron chi connectivity index (χ0n) is 8.88.